The Labute approximate surface area is 129 Å². The number of carbonyl (C=O) groups is 1. The summed E-state index contributed by atoms with van der Waals surface area (Å²) in [4.78, 5) is 12.4. The molecule has 0 radical (unpaired) electrons. The van der Waals surface area contributed by atoms with Crippen LogP contribution < -0.4 is 0 Å². The molecule has 0 aliphatic carbocycles. The number of halogens is 1. The van der Waals surface area contributed by atoms with Gasteiger partial charge in [-0.2, -0.15) is 0 Å². The van der Waals surface area contributed by atoms with Crippen LogP contribution in [0.25, 0.3) is 0 Å². The molecule has 2 aromatic carbocycles. The van der Waals surface area contributed by atoms with Crippen molar-refractivity contribution in [1.82, 2.24) is 0 Å². The van der Waals surface area contributed by atoms with Gasteiger partial charge in [0.15, 0.2) is 0 Å². The maximum absolute atomic E-state index is 12.4. The van der Waals surface area contributed by atoms with E-state index >= 15 is 0 Å². The van der Waals surface area contributed by atoms with Crippen LogP contribution in [-0.2, 0) is 9.53 Å². The highest BCUT2D eigenvalue weighted by atomic mass is 35.5. The first-order valence-electron chi connectivity index (χ1n) is 7.16. The van der Waals surface area contributed by atoms with Crippen molar-refractivity contribution in [2.75, 3.05) is 0 Å². The van der Waals surface area contributed by atoms with Crippen LogP contribution in [0.15, 0.2) is 54.6 Å². The molecule has 21 heavy (non-hydrogen) atoms. The first-order valence-corrected chi connectivity index (χ1v) is 7.54. The van der Waals surface area contributed by atoms with Crippen molar-refractivity contribution in [2.45, 2.75) is 31.3 Å². The fourth-order valence-electron chi connectivity index (χ4n) is 3.04. The molecule has 0 amide bonds. The summed E-state index contributed by atoms with van der Waals surface area (Å²) in [7, 11) is 0. The molecule has 2 aromatic rings. The highest BCUT2D eigenvalue weighted by molar-refractivity contribution is 6.30. The number of carbonyl (C=O) groups excluding carboxylic acids is 1. The first kappa shape index (κ1) is 14.2. The van der Waals surface area contributed by atoms with E-state index in [9.17, 15) is 4.79 Å². The third-order valence-electron chi connectivity index (χ3n) is 4.02. The van der Waals surface area contributed by atoms with Gasteiger partial charge in [0.05, 0.1) is 12.0 Å². The Morgan fingerprint density at radius 3 is 2.33 bits per heavy atom. The van der Waals surface area contributed by atoms with E-state index in [1.807, 2.05) is 61.5 Å². The van der Waals surface area contributed by atoms with E-state index in [0.29, 0.717) is 5.02 Å². The lowest BCUT2D eigenvalue weighted by Crippen LogP contribution is -2.34. The summed E-state index contributed by atoms with van der Waals surface area (Å²) in [5, 5.41) is 0.710. The van der Waals surface area contributed by atoms with Crippen LogP contribution in [0, 0.1) is 0 Å². The minimum absolute atomic E-state index is 0.0573. The van der Waals surface area contributed by atoms with Gasteiger partial charge < -0.3 is 4.74 Å². The molecule has 0 bridgehead atoms. The molecule has 108 valence electrons. The van der Waals surface area contributed by atoms with Crippen LogP contribution in [0.1, 0.15) is 36.3 Å². The van der Waals surface area contributed by atoms with Gasteiger partial charge in [-0.05, 0) is 36.6 Å². The lowest BCUT2D eigenvalue weighted by atomic mass is 9.77. The Balaban J connectivity index is 2.01. The number of rotatable bonds is 2. The maximum atomic E-state index is 12.4. The summed E-state index contributed by atoms with van der Waals surface area (Å²) in [6.07, 6.45) is 0.769. The summed E-state index contributed by atoms with van der Waals surface area (Å²) in [6.45, 7) is 1.95. The van der Waals surface area contributed by atoms with Crippen molar-refractivity contribution in [3.63, 3.8) is 0 Å². The molecule has 3 atom stereocenters. The van der Waals surface area contributed by atoms with E-state index in [1.165, 1.54) is 0 Å². The Morgan fingerprint density at radius 2 is 1.67 bits per heavy atom. The molecule has 2 unspecified atom stereocenters. The van der Waals surface area contributed by atoms with Gasteiger partial charge in [0, 0.05) is 10.9 Å². The molecule has 0 spiro atoms. The number of cyclic esters (lactones) is 1. The fourth-order valence-corrected chi connectivity index (χ4v) is 3.17. The van der Waals surface area contributed by atoms with Gasteiger partial charge in [-0.3, -0.25) is 4.79 Å². The van der Waals surface area contributed by atoms with Crippen LogP contribution >= 0.6 is 11.6 Å². The largest absolute Gasteiger partial charge is 0.462 e. The molecule has 3 heteroatoms. The van der Waals surface area contributed by atoms with E-state index in [0.717, 1.165) is 17.5 Å². The van der Waals surface area contributed by atoms with E-state index in [-0.39, 0.29) is 23.9 Å². The van der Waals surface area contributed by atoms with Gasteiger partial charge in [-0.1, -0.05) is 54.1 Å². The summed E-state index contributed by atoms with van der Waals surface area (Å²) < 4.78 is 5.46. The van der Waals surface area contributed by atoms with Gasteiger partial charge in [0.25, 0.3) is 0 Å². The molecular formula is C18H17ClO2. The summed E-state index contributed by atoms with van der Waals surface area (Å²) in [5.74, 6) is -0.260. The molecule has 0 saturated carbocycles. The van der Waals surface area contributed by atoms with Crippen LogP contribution in [0.5, 0.6) is 0 Å². The maximum Gasteiger partial charge on any atom is 0.314 e. The van der Waals surface area contributed by atoms with Gasteiger partial charge >= 0.3 is 5.97 Å². The highest BCUT2D eigenvalue weighted by Crippen LogP contribution is 2.41. The Kier molecular flexibility index (Phi) is 3.98. The molecule has 1 heterocycles. The second-order valence-electron chi connectivity index (χ2n) is 5.53. The van der Waals surface area contributed by atoms with Crippen LogP contribution in [-0.4, -0.2) is 12.1 Å². The Morgan fingerprint density at radius 1 is 1.00 bits per heavy atom. The lowest BCUT2D eigenvalue weighted by molar-refractivity contribution is -0.156. The number of hydrogen-bond donors (Lipinski definition) is 0. The van der Waals surface area contributed by atoms with Gasteiger partial charge in [0.1, 0.15) is 0 Å². The van der Waals surface area contributed by atoms with Crippen molar-refractivity contribution >= 4 is 17.6 Å². The van der Waals surface area contributed by atoms with Crippen molar-refractivity contribution < 1.29 is 9.53 Å². The normalized spacial score (nSPS) is 25.4. The van der Waals surface area contributed by atoms with Gasteiger partial charge in [0.2, 0.25) is 0 Å². The van der Waals surface area contributed by atoms with Crippen molar-refractivity contribution in [3.8, 4) is 0 Å². The third-order valence-corrected chi connectivity index (χ3v) is 4.27. The van der Waals surface area contributed by atoms with E-state index < -0.39 is 0 Å². The lowest BCUT2D eigenvalue weighted by Gasteiger charge is -2.34. The van der Waals surface area contributed by atoms with Crippen molar-refractivity contribution in [1.29, 1.82) is 0 Å². The van der Waals surface area contributed by atoms with E-state index in [1.54, 1.807) is 0 Å². The average Bonchev–Trinajstić information content (AvgIpc) is 2.48. The van der Waals surface area contributed by atoms with Crippen molar-refractivity contribution in [2.24, 2.45) is 0 Å². The average molecular weight is 301 g/mol. The zero-order valence-corrected chi connectivity index (χ0v) is 12.6. The summed E-state index contributed by atoms with van der Waals surface area (Å²) >= 11 is 5.97. The molecule has 3 rings (SSSR count). The second kappa shape index (κ2) is 5.90. The molecule has 0 aromatic heterocycles. The molecule has 2 nitrogen and oxygen atoms in total. The highest BCUT2D eigenvalue weighted by Gasteiger charge is 2.38. The van der Waals surface area contributed by atoms with Crippen LogP contribution in [0.3, 0.4) is 0 Å². The first-order chi connectivity index (χ1) is 10.1. The van der Waals surface area contributed by atoms with Gasteiger partial charge in [-0.15, -0.1) is 0 Å². The predicted molar refractivity (Wildman–Crippen MR) is 83.5 cm³/mol. The van der Waals surface area contributed by atoms with E-state index in [4.69, 9.17) is 16.3 Å². The number of hydrogen-bond acceptors (Lipinski definition) is 2. The van der Waals surface area contributed by atoms with Crippen LogP contribution in [0.4, 0.5) is 0 Å². The smallest absolute Gasteiger partial charge is 0.314 e. The Bertz CT molecular complexity index is 621. The zero-order chi connectivity index (χ0) is 14.8. The SMILES string of the molecule is C[C@H]1CC(c2ccc(Cl)cc2)C(c2ccccc2)C(=O)O1. The standard InChI is InChI=1S/C18H17ClO2/c1-12-11-16(13-7-9-15(19)10-8-13)17(18(20)21-12)14-5-3-2-4-6-14/h2-10,12,16-17H,11H2,1H3/t12-,16?,17?/m0/s1. The summed E-state index contributed by atoms with van der Waals surface area (Å²) in [6, 6.07) is 17.6. The molecule has 1 aliphatic rings. The second-order valence-corrected chi connectivity index (χ2v) is 5.97. The third kappa shape index (κ3) is 2.96. The monoisotopic (exact) mass is 300 g/mol. The molecular weight excluding hydrogens is 284 g/mol. The number of esters is 1. The zero-order valence-electron chi connectivity index (χ0n) is 11.8. The van der Waals surface area contributed by atoms with Crippen LogP contribution in [0.2, 0.25) is 5.02 Å². The minimum Gasteiger partial charge on any atom is -0.462 e. The molecule has 0 N–H and O–H groups in total. The van der Waals surface area contributed by atoms with E-state index in [2.05, 4.69) is 0 Å². The minimum atomic E-state index is -0.247. The molecule has 1 fully saturated rings. The van der Waals surface area contributed by atoms with Gasteiger partial charge in [-0.25, -0.2) is 0 Å². The molecule has 1 aliphatic heterocycles. The topological polar surface area (TPSA) is 26.3 Å². The number of ether oxygens (including phenoxy) is 1. The quantitative estimate of drug-likeness (QED) is 0.761. The fraction of sp³-hybridized carbons (Fsp3) is 0.278. The van der Waals surface area contributed by atoms with Crippen molar-refractivity contribution in [3.05, 3.63) is 70.7 Å². The summed E-state index contributed by atoms with van der Waals surface area (Å²) in [5.41, 5.74) is 2.14. The Hall–Kier alpha value is -1.80. The predicted octanol–water partition coefficient (Wildman–Crippen LogP) is 4.54. The number of benzene rings is 2. The molecule has 1 saturated heterocycles.